The first-order valence-corrected chi connectivity index (χ1v) is 11.2. The van der Waals surface area contributed by atoms with Crippen molar-refractivity contribution in [3.8, 4) is 0 Å². The number of pyridine rings is 1. The maximum atomic E-state index is 12.1. The molecular weight excluding hydrogens is 408 g/mol. The Morgan fingerprint density at radius 1 is 1.19 bits per heavy atom. The molecule has 0 aliphatic heterocycles. The summed E-state index contributed by atoms with van der Waals surface area (Å²) in [4.78, 5) is 30.2. The van der Waals surface area contributed by atoms with E-state index in [-0.39, 0.29) is 5.91 Å². The van der Waals surface area contributed by atoms with Crippen LogP contribution in [0.2, 0.25) is 0 Å². The molecule has 2 amide bonds. The van der Waals surface area contributed by atoms with Gasteiger partial charge in [0.1, 0.15) is 11.5 Å². The highest BCUT2D eigenvalue weighted by atomic mass is 16.5. The number of likely N-dealkylation sites (N-methyl/N-ethyl adjacent to an activating group) is 1. The number of nitrogens with one attached hydrogen (secondary N) is 3. The lowest BCUT2D eigenvalue weighted by Crippen LogP contribution is -2.32. The molecular formula is C23H36N6O3. The van der Waals surface area contributed by atoms with Crippen molar-refractivity contribution in [2.24, 2.45) is 0 Å². The molecule has 0 aliphatic rings. The summed E-state index contributed by atoms with van der Waals surface area (Å²) >= 11 is 0. The van der Waals surface area contributed by atoms with Gasteiger partial charge in [0.15, 0.2) is 0 Å². The van der Waals surface area contributed by atoms with E-state index in [2.05, 4.69) is 17.6 Å². The van der Waals surface area contributed by atoms with Crippen molar-refractivity contribution >= 4 is 29.4 Å². The third-order valence-corrected chi connectivity index (χ3v) is 5.04. The van der Waals surface area contributed by atoms with E-state index in [0.717, 1.165) is 48.5 Å². The van der Waals surface area contributed by atoms with Gasteiger partial charge >= 0.3 is 0 Å². The van der Waals surface area contributed by atoms with Gasteiger partial charge in [0.25, 0.3) is 5.91 Å². The summed E-state index contributed by atoms with van der Waals surface area (Å²) in [6.07, 6.45) is 10.6. The number of imidazole rings is 1. The summed E-state index contributed by atoms with van der Waals surface area (Å²) in [7, 11) is 3.94. The van der Waals surface area contributed by atoms with Gasteiger partial charge in [-0.2, -0.15) is 0 Å². The molecule has 0 fully saturated rings. The molecule has 32 heavy (non-hydrogen) atoms. The van der Waals surface area contributed by atoms with Gasteiger partial charge < -0.3 is 15.5 Å². The molecule has 0 aliphatic carbocycles. The van der Waals surface area contributed by atoms with Crippen molar-refractivity contribution in [2.75, 3.05) is 39.0 Å². The monoisotopic (exact) mass is 444 g/mol. The summed E-state index contributed by atoms with van der Waals surface area (Å²) in [5, 5.41) is 15.0. The zero-order valence-electron chi connectivity index (χ0n) is 19.4. The van der Waals surface area contributed by atoms with Crippen LogP contribution in [0.1, 0.15) is 50.3 Å². The molecule has 0 atom stereocenters. The molecule has 9 nitrogen and oxygen atoms in total. The van der Waals surface area contributed by atoms with Crippen LogP contribution in [0.15, 0.2) is 24.4 Å². The summed E-state index contributed by atoms with van der Waals surface area (Å²) in [5.74, 6) is 0.293. The van der Waals surface area contributed by atoms with Gasteiger partial charge in [-0.1, -0.05) is 26.2 Å². The first kappa shape index (κ1) is 25.4. The minimum Gasteiger partial charge on any atom is -0.369 e. The standard InChI is InChI=1S/C23H36N6O3/c1-4-5-6-7-8-19-23(25-14-13-21(30)24-15-16-28(2)3)29-17-18(9-11-20(29)26-19)10-12-22(31)27-32/h9-12,17,25,32H,4-8,13-16H2,1-3H3,(H,24,30)(H,27,31)/b12-10+. The van der Waals surface area contributed by atoms with Crippen LogP contribution in [0.4, 0.5) is 5.82 Å². The number of fused-ring (bicyclic) bond motifs is 1. The smallest absolute Gasteiger partial charge is 0.267 e. The Bertz CT molecular complexity index is 907. The Labute approximate surface area is 189 Å². The molecule has 0 aromatic carbocycles. The third kappa shape index (κ3) is 8.32. The Balaban J connectivity index is 2.12. The van der Waals surface area contributed by atoms with Crippen LogP contribution >= 0.6 is 0 Å². The molecule has 9 heteroatoms. The van der Waals surface area contributed by atoms with Gasteiger partial charge in [-0.15, -0.1) is 0 Å². The Kier molecular flexibility index (Phi) is 10.7. The topological polar surface area (TPSA) is 111 Å². The fourth-order valence-electron chi connectivity index (χ4n) is 3.30. The number of anilines is 1. The lowest BCUT2D eigenvalue weighted by Gasteiger charge is -2.12. The SMILES string of the molecule is CCCCCCc1nc2ccc(/C=C/C(=O)NO)cn2c1NCCC(=O)NCCN(C)C. The number of hydrogen-bond donors (Lipinski definition) is 4. The molecule has 2 rings (SSSR count). The normalized spacial score (nSPS) is 11.4. The number of carbonyl (C=O) groups is 2. The third-order valence-electron chi connectivity index (χ3n) is 5.04. The van der Waals surface area contributed by atoms with Gasteiger partial charge in [-0.3, -0.25) is 19.2 Å². The van der Waals surface area contributed by atoms with Gasteiger partial charge in [0, 0.05) is 38.3 Å². The van der Waals surface area contributed by atoms with E-state index in [1.165, 1.54) is 18.9 Å². The van der Waals surface area contributed by atoms with Gasteiger partial charge in [0.05, 0.1) is 5.69 Å². The lowest BCUT2D eigenvalue weighted by molar-refractivity contribution is -0.124. The molecule has 176 valence electrons. The molecule has 0 radical (unpaired) electrons. The van der Waals surface area contributed by atoms with Crippen molar-refractivity contribution in [1.82, 2.24) is 25.1 Å². The molecule has 0 saturated heterocycles. The fraction of sp³-hybridized carbons (Fsp3) is 0.522. The highest BCUT2D eigenvalue weighted by Gasteiger charge is 2.13. The van der Waals surface area contributed by atoms with E-state index in [0.29, 0.717) is 19.5 Å². The fourth-order valence-corrected chi connectivity index (χ4v) is 3.30. The van der Waals surface area contributed by atoms with E-state index < -0.39 is 5.91 Å². The van der Waals surface area contributed by atoms with Crippen LogP contribution in [0, 0.1) is 0 Å². The van der Waals surface area contributed by atoms with Crippen LogP contribution in [-0.4, -0.2) is 65.0 Å². The van der Waals surface area contributed by atoms with E-state index in [9.17, 15) is 9.59 Å². The number of rotatable bonds is 14. The summed E-state index contributed by atoms with van der Waals surface area (Å²) in [6, 6.07) is 3.76. The number of nitrogens with zero attached hydrogens (tertiary/aromatic N) is 3. The van der Waals surface area contributed by atoms with Crippen molar-refractivity contribution in [1.29, 1.82) is 0 Å². The second kappa shape index (κ2) is 13.5. The molecule has 4 N–H and O–H groups in total. The summed E-state index contributed by atoms with van der Waals surface area (Å²) in [5.41, 5.74) is 4.15. The Hall–Kier alpha value is -2.91. The van der Waals surface area contributed by atoms with Crippen LogP contribution in [0.25, 0.3) is 11.7 Å². The molecule has 0 bridgehead atoms. The number of hydrogen-bond acceptors (Lipinski definition) is 6. The zero-order chi connectivity index (χ0) is 23.3. The highest BCUT2D eigenvalue weighted by molar-refractivity contribution is 5.90. The molecule has 2 heterocycles. The van der Waals surface area contributed by atoms with Gasteiger partial charge in [-0.25, -0.2) is 10.5 Å². The molecule has 2 aromatic rings. The number of carbonyl (C=O) groups excluding carboxylic acids is 2. The van der Waals surface area contributed by atoms with E-state index in [1.54, 1.807) is 11.6 Å². The first-order chi connectivity index (χ1) is 15.4. The van der Waals surface area contributed by atoms with Crippen LogP contribution in [-0.2, 0) is 16.0 Å². The highest BCUT2D eigenvalue weighted by Crippen LogP contribution is 2.22. The van der Waals surface area contributed by atoms with Crippen LogP contribution < -0.4 is 16.1 Å². The predicted molar refractivity (Wildman–Crippen MR) is 127 cm³/mol. The molecule has 2 aromatic heterocycles. The number of amides is 2. The lowest BCUT2D eigenvalue weighted by atomic mass is 10.1. The number of hydroxylamine groups is 1. The average molecular weight is 445 g/mol. The predicted octanol–water partition coefficient (Wildman–Crippen LogP) is 2.46. The van der Waals surface area contributed by atoms with Crippen LogP contribution in [0.3, 0.4) is 0 Å². The van der Waals surface area contributed by atoms with Gasteiger partial charge in [-0.05, 0) is 50.7 Å². The summed E-state index contributed by atoms with van der Waals surface area (Å²) < 4.78 is 1.95. The van der Waals surface area contributed by atoms with E-state index >= 15 is 0 Å². The second-order valence-electron chi connectivity index (χ2n) is 8.05. The maximum absolute atomic E-state index is 12.1. The van der Waals surface area contributed by atoms with Crippen molar-refractivity contribution in [3.05, 3.63) is 35.7 Å². The van der Waals surface area contributed by atoms with Crippen molar-refractivity contribution in [3.63, 3.8) is 0 Å². The summed E-state index contributed by atoms with van der Waals surface area (Å²) in [6.45, 7) is 4.12. The number of aromatic nitrogens is 2. The quantitative estimate of drug-likeness (QED) is 0.154. The number of unbranched alkanes of at least 4 members (excludes halogenated alkanes) is 3. The number of aryl methyl sites for hydroxylation is 1. The first-order valence-electron chi connectivity index (χ1n) is 11.2. The van der Waals surface area contributed by atoms with Crippen LogP contribution in [0.5, 0.6) is 0 Å². The Morgan fingerprint density at radius 3 is 2.72 bits per heavy atom. The second-order valence-corrected chi connectivity index (χ2v) is 8.05. The minimum atomic E-state index is -0.592. The van der Waals surface area contributed by atoms with Crippen molar-refractivity contribution in [2.45, 2.75) is 45.4 Å². The molecule has 0 spiro atoms. The Morgan fingerprint density at radius 2 is 2.00 bits per heavy atom. The zero-order valence-corrected chi connectivity index (χ0v) is 19.4. The average Bonchev–Trinajstić information content (AvgIpc) is 3.11. The van der Waals surface area contributed by atoms with E-state index in [4.69, 9.17) is 10.2 Å². The molecule has 0 unspecified atom stereocenters. The largest absolute Gasteiger partial charge is 0.369 e. The van der Waals surface area contributed by atoms with Gasteiger partial charge in [0.2, 0.25) is 5.91 Å². The molecule has 0 saturated carbocycles. The van der Waals surface area contributed by atoms with E-state index in [1.807, 2.05) is 41.7 Å². The minimum absolute atomic E-state index is 0.0105. The van der Waals surface area contributed by atoms with Crippen molar-refractivity contribution < 1.29 is 14.8 Å². The maximum Gasteiger partial charge on any atom is 0.267 e.